The van der Waals surface area contributed by atoms with E-state index < -0.39 is 0 Å². The molecule has 3 rings (SSSR count). The van der Waals surface area contributed by atoms with Crippen LogP contribution in [0, 0.1) is 0 Å². The van der Waals surface area contributed by atoms with Crippen molar-refractivity contribution in [1.29, 1.82) is 0 Å². The van der Waals surface area contributed by atoms with Crippen molar-refractivity contribution in [2.75, 3.05) is 17.2 Å². The molecule has 0 saturated carbocycles. The number of halogens is 2. The van der Waals surface area contributed by atoms with Crippen molar-refractivity contribution in [2.24, 2.45) is 0 Å². The summed E-state index contributed by atoms with van der Waals surface area (Å²) in [5.41, 5.74) is 1.72. The van der Waals surface area contributed by atoms with Gasteiger partial charge in [0, 0.05) is 28.4 Å². The lowest BCUT2D eigenvalue weighted by Crippen LogP contribution is -2.15. The molecule has 154 valence electrons. The Labute approximate surface area is 185 Å². The van der Waals surface area contributed by atoms with Crippen molar-refractivity contribution in [3.05, 3.63) is 88.4 Å². The molecule has 2 amide bonds. The number of ether oxygens (including phenoxy) is 1. The van der Waals surface area contributed by atoms with Crippen LogP contribution in [0.1, 0.15) is 23.2 Å². The van der Waals surface area contributed by atoms with Crippen molar-refractivity contribution < 1.29 is 14.3 Å². The Hall–Kier alpha value is -3.02. The number of para-hydroxylation sites is 1. The first-order valence-corrected chi connectivity index (χ1v) is 10.1. The number of benzene rings is 3. The molecule has 2 N–H and O–H groups in total. The molecule has 7 heteroatoms. The molecular formula is C23H20Cl2N2O3. The summed E-state index contributed by atoms with van der Waals surface area (Å²) in [6.45, 7) is 0.342. The molecule has 0 radical (unpaired) electrons. The van der Waals surface area contributed by atoms with Gasteiger partial charge in [-0.3, -0.25) is 9.59 Å². The molecule has 0 aromatic heterocycles. The van der Waals surface area contributed by atoms with Gasteiger partial charge in [0.05, 0.1) is 11.6 Å². The number of carbonyl (C=O) groups is 2. The Morgan fingerprint density at radius 3 is 2.37 bits per heavy atom. The fraction of sp³-hybridized carbons (Fsp3) is 0.130. The number of hydrogen-bond acceptors (Lipinski definition) is 3. The van der Waals surface area contributed by atoms with Crippen LogP contribution in [-0.4, -0.2) is 18.4 Å². The fourth-order valence-corrected chi connectivity index (χ4v) is 3.16. The minimum absolute atomic E-state index is 0.165. The average Bonchev–Trinajstić information content (AvgIpc) is 2.73. The Balaban J connectivity index is 1.47. The summed E-state index contributed by atoms with van der Waals surface area (Å²) in [6, 6.07) is 21.0. The van der Waals surface area contributed by atoms with Gasteiger partial charge in [0.2, 0.25) is 5.91 Å². The second-order valence-corrected chi connectivity index (χ2v) is 7.32. The van der Waals surface area contributed by atoms with E-state index in [0.717, 1.165) is 0 Å². The zero-order valence-electron chi connectivity index (χ0n) is 16.0. The Morgan fingerprint density at radius 2 is 1.60 bits per heavy atom. The van der Waals surface area contributed by atoms with Crippen LogP contribution < -0.4 is 15.4 Å². The molecule has 0 fully saturated rings. The third kappa shape index (κ3) is 6.51. The standard InChI is InChI=1S/C23H20Cl2N2O3/c24-17-11-12-21(20(25)15-17)30-13-5-10-22(28)26-19-9-4-6-16(14-19)23(29)27-18-7-2-1-3-8-18/h1-4,6-9,11-12,14-15H,5,10,13H2,(H,26,28)(H,27,29). The van der Waals surface area contributed by atoms with E-state index in [0.29, 0.717) is 45.8 Å². The van der Waals surface area contributed by atoms with E-state index in [-0.39, 0.29) is 18.2 Å². The van der Waals surface area contributed by atoms with E-state index in [2.05, 4.69) is 10.6 Å². The summed E-state index contributed by atoms with van der Waals surface area (Å²) in [7, 11) is 0. The highest BCUT2D eigenvalue weighted by Gasteiger charge is 2.09. The predicted octanol–water partition coefficient (Wildman–Crippen LogP) is 6.04. The van der Waals surface area contributed by atoms with Crippen molar-refractivity contribution in [3.8, 4) is 5.75 Å². The number of hydrogen-bond donors (Lipinski definition) is 2. The first kappa shape index (κ1) is 21.7. The third-order valence-corrected chi connectivity index (χ3v) is 4.67. The number of carbonyl (C=O) groups excluding carboxylic acids is 2. The van der Waals surface area contributed by atoms with E-state index in [4.69, 9.17) is 27.9 Å². The maximum atomic E-state index is 12.4. The summed E-state index contributed by atoms with van der Waals surface area (Å²) in [6.07, 6.45) is 0.782. The summed E-state index contributed by atoms with van der Waals surface area (Å²) in [5, 5.41) is 6.58. The summed E-state index contributed by atoms with van der Waals surface area (Å²) in [5.74, 6) is 0.116. The summed E-state index contributed by atoms with van der Waals surface area (Å²) in [4.78, 5) is 24.6. The van der Waals surface area contributed by atoms with E-state index in [1.165, 1.54) is 0 Å². The highest BCUT2D eigenvalue weighted by atomic mass is 35.5. The van der Waals surface area contributed by atoms with Crippen molar-refractivity contribution in [1.82, 2.24) is 0 Å². The first-order chi connectivity index (χ1) is 14.5. The molecule has 0 aliphatic carbocycles. The third-order valence-electron chi connectivity index (χ3n) is 4.14. The second kappa shape index (κ2) is 10.7. The summed E-state index contributed by atoms with van der Waals surface area (Å²) < 4.78 is 5.58. The second-order valence-electron chi connectivity index (χ2n) is 6.48. The quantitative estimate of drug-likeness (QED) is 0.417. The topological polar surface area (TPSA) is 67.4 Å². The van der Waals surface area contributed by atoms with Gasteiger partial charge < -0.3 is 15.4 Å². The lowest BCUT2D eigenvalue weighted by atomic mass is 10.1. The highest BCUT2D eigenvalue weighted by molar-refractivity contribution is 6.35. The largest absolute Gasteiger partial charge is 0.492 e. The molecule has 0 heterocycles. The van der Waals surface area contributed by atoms with Gasteiger partial charge in [0.1, 0.15) is 5.75 Å². The Bertz CT molecular complexity index is 1030. The van der Waals surface area contributed by atoms with Gasteiger partial charge in [-0.25, -0.2) is 0 Å². The zero-order valence-corrected chi connectivity index (χ0v) is 17.5. The van der Waals surface area contributed by atoms with Gasteiger partial charge in [-0.05, 0) is 55.0 Å². The molecule has 3 aromatic carbocycles. The number of anilines is 2. The van der Waals surface area contributed by atoms with Gasteiger partial charge in [-0.2, -0.15) is 0 Å². The molecular weight excluding hydrogens is 423 g/mol. The van der Waals surface area contributed by atoms with Crippen molar-refractivity contribution in [2.45, 2.75) is 12.8 Å². The van der Waals surface area contributed by atoms with Crippen LogP contribution in [0.15, 0.2) is 72.8 Å². The van der Waals surface area contributed by atoms with Crippen LogP contribution in [0.5, 0.6) is 5.75 Å². The van der Waals surface area contributed by atoms with E-state index in [9.17, 15) is 9.59 Å². The lowest BCUT2D eigenvalue weighted by molar-refractivity contribution is -0.116. The van der Waals surface area contributed by atoms with E-state index in [1.54, 1.807) is 42.5 Å². The molecule has 0 saturated heterocycles. The number of rotatable bonds is 8. The van der Waals surface area contributed by atoms with Crippen LogP contribution in [0.25, 0.3) is 0 Å². The van der Waals surface area contributed by atoms with Gasteiger partial charge in [0.15, 0.2) is 0 Å². The van der Waals surface area contributed by atoms with Gasteiger partial charge >= 0.3 is 0 Å². The lowest BCUT2D eigenvalue weighted by Gasteiger charge is -2.10. The van der Waals surface area contributed by atoms with Gasteiger partial charge in [-0.1, -0.05) is 47.5 Å². The molecule has 30 heavy (non-hydrogen) atoms. The Kier molecular flexibility index (Phi) is 7.71. The predicted molar refractivity (Wildman–Crippen MR) is 121 cm³/mol. The molecule has 0 unspecified atom stereocenters. The van der Waals surface area contributed by atoms with Crippen molar-refractivity contribution in [3.63, 3.8) is 0 Å². The van der Waals surface area contributed by atoms with Crippen LogP contribution in [-0.2, 0) is 4.79 Å². The highest BCUT2D eigenvalue weighted by Crippen LogP contribution is 2.27. The zero-order chi connectivity index (χ0) is 21.3. The SMILES string of the molecule is O=C(CCCOc1ccc(Cl)cc1Cl)Nc1cccc(C(=O)Nc2ccccc2)c1. The Morgan fingerprint density at radius 1 is 0.833 bits per heavy atom. The molecule has 0 aliphatic heterocycles. The summed E-state index contributed by atoms with van der Waals surface area (Å²) >= 11 is 11.9. The van der Waals surface area contributed by atoms with Gasteiger partial charge in [-0.15, -0.1) is 0 Å². The van der Waals surface area contributed by atoms with Crippen LogP contribution in [0.4, 0.5) is 11.4 Å². The van der Waals surface area contributed by atoms with Crippen LogP contribution >= 0.6 is 23.2 Å². The minimum atomic E-state index is -0.245. The monoisotopic (exact) mass is 442 g/mol. The normalized spacial score (nSPS) is 10.3. The smallest absolute Gasteiger partial charge is 0.255 e. The minimum Gasteiger partial charge on any atom is -0.492 e. The molecule has 3 aromatic rings. The first-order valence-electron chi connectivity index (χ1n) is 9.35. The molecule has 5 nitrogen and oxygen atoms in total. The molecule has 0 atom stereocenters. The van der Waals surface area contributed by atoms with Crippen molar-refractivity contribution >= 4 is 46.4 Å². The number of nitrogens with one attached hydrogen (secondary N) is 2. The van der Waals surface area contributed by atoms with E-state index in [1.807, 2.05) is 30.3 Å². The average molecular weight is 443 g/mol. The van der Waals surface area contributed by atoms with Crippen LogP contribution in [0.3, 0.4) is 0 Å². The number of amides is 2. The maximum absolute atomic E-state index is 12.4. The fourth-order valence-electron chi connectivity index (χ4n) is 2.69. The van der Waals surface area contributed by atoms with Crippen LogP contribution in [0.2, 0.25) is 10.0 Å². The molecule has 0 spiro atoms. The van der Waals surface area contributed by atoms with E-state index >= 15 is 0 Å². The van der Waals surface area contributed by atoms with Gasteiger partial charge in [0.25, 0.3) is 5.91 Å². The molecule has 0 bridgehead atoms. The molecule has 0 aliphatic rings. The maximum Gasteiger partial charge on any atom is 0.255 e.